The van der Waals surface area contributed by atoms with Crippen LogP contribution >= 0.6 is 0 Å². The van der Waals surface area contributed by atoms with Crippen molar-refractivity contribution in [3.05, 3.63) is 52.7 Å². The second kappa shape index (κ2) is 8.70. The van der Waals surface area contributed by atoms with Gasteiger partial charge in [0.1, 0.15) is 6.26 Å². The van der Waals surface area contributed by atoms with Gasteiger partial charge in [0.05, 0.1) is 6.54 Å². The molecule has 5 heteroatoms. The molecule has 0 N–H and O–H groups in total. The number of aryl methyl sites for hydroxylation is 2. The van der Waals surface area contributed by atoms with Gasteiger partial charge < -0.3 is 9.32 Å². The largest absolute Gasteiger partial charge is 0.447 e. The fourth-order valence-corrected chi connectivity index (χ4v) is 3.52. The Morgan fingerprint density at radius 3 is 2.63 bits per heavy atom. The highest BCUT2D eigenvalue weighted by molar-refractivity contribution is 5.92. The first-order chi connectivity index (χ1) is 12.9. The number of carbonyl (C=O) groups excluding carboxylic acids is 1. The third kappa shape index (κ3) is 4.98. The van der Waals surface area contributed by atoms with Gasteiger partial charge in [0.2, 0.25) is 5.89 Å². The van der Waals surface area contributed by atoms with Crippen molar-refractivity contribution in [3.63, 3.8) is 0 Å². The molecular formula is C22H31N3O2. The summed E-state index contributed by atoms with van der Waals surface area (Å²) in [5.74, 6) is 0.602. The molecule has 0 spiro atoms. The number of nitrogens with zero attached hydrogens (tertiary/aromatic N) is 3. The Bertz CT molecular complexity index is 776. The van der Waals surface area contributed by atoms with Gasteiger partial charge in [0.25, 0.3) is 5.91 Å². The minimum absolute atomic E-state index is 0.00433. The summed E-state index contributed by atoms with van der Waals surface area (Å²) in [7, 11) is 0. The molecule has 3 rings (SSSR count). The van der Waals surface area contributed by atoms with E-state index in [4.69, 9.17) is 4.42 Å². The first kappa shape index (κ1) is 19.6. The molecule has 1 aliphatic rings. The van der Waals surface area contributed by atoms with E-state index >= 15 is 0 Å². The molecular weight excluding hydrogens is 338 g/mol. The van der Waals surface area contributed by atoms with Crippen molar-refractivity contribution in [1.82, 2.24) is 14.8 Å². The van der Waals surface area contributed by atoms with Crippen LogP contribution < -0.4 is 0 Å². The van der Waals surface area contributed by atoms with E-state index in [1.807, 2.05) is 4.90 Å². The molecule has 2 aromatic rings. The van der Waals surface area contributed by atoms with Crippen LogP contribution in [0.3, 0.4) is 0 Å². The van der Waals surface area contributed by atoms with Crippen LogP contribution in [-0.2, 0) is 13.1 Å². The number of benzene rings is 1. The molecule has 146 valence electrons. The molecule has 1 saturated heterocycles. The van der Waals surface area contributed by atoms with E-state index in [1.165, 1.54) is 29.4 Å². The second-order valence-corrected chi connectivity index (χ2v) is 7.91. The van der Waals surface area contributed by atoms with Crippen molar-refractivity contribution in [2.45, 2.75) is 66.1 Å². The standard InChI is InChI=1S/C22H31N3O2/c1-16(2)25(13-19-12-17(3)8-9-18(19)4)14-21-23-20(15-27-21)22(26)24-10-6-5-7-11-24/h8-9,12,15-16H,5-7,10-11,13-14H2,1-4H3. The first-order valence-electron chi connectivity index (χ1n) is 9.98. The van der Waals surface area contributed by atoms with Crippen molar-refractivity contribution in [2.75, 3.05) is 13.1 Å². The van der Waals surface area contributed by atoms with Gasteiger partial charge in [-0.2, -0.15) is 0 Å². The highest BCUT2D eigenvalue weighted by Crippen LogP contribution is 2.18. The number of carbonyl (C=O) groups is 1. The number of likely N-dealkylation sites (tertiary alicyclic amines) is 1. The fourth-order valence-electron chi connectivity index (χ4n) is 3.52. The molecule has 5 nitrogen and oxygen atoms in total. The molecule has 27 heavy (non-hydrogen) atoms. The number of oxazole rings is 1. The summed E-state index contributed by atoms with van der Waals surface area (Å²) in [5.41, 5.74) is 4.31. The van der Waals surface area contributed by atoms with E-state index in [0.717, 1.165) is 32.5 Å². The second-order valence-electron chi connectivity index (χ2n) is 7.91. The minimum Gasteiger partial charge on any atom is -0.447 e. The molecule has 1 fully saturated rings. The molecule has 1 aliphatic heterocycles. The Kier molecular flexibility index (Phi) is 6.32. The smallest absolute Gasteiger partial charge is 0.275 e. The van der Waals surface area contributed by atoms with Crippen LogP contribution in [0.1, 0.15) is 66.2 Å². The first-order valence-corrected chi connectivity index (χ1v) is 9.98. The highest BCUT2D eigenvalue weighted by atomic mass is 16.3. The average Bonchev–Trinajstić information content (AvgIpc) is 3.12. The van der Waals surface area contributed by atoms with Crippen molar-refractivity contribution in [1.29, 1.82) is 0 Å². The number of piperidine rings is 1. The third-order valence-electron chi connectivity index (χ3n) is 5.36. The molecule has 0 atom stereocenters. The monoisotopic (exact) mass is 369 g/mol. The lowest BCUT2D eigenvalue weighted by atomic mass is 10.0. The highest BCUT2D eigenvalue weighted by Gasteiger charge is 2.22. The van der Waals surface area contributed by atoms with Gasteiger partial charge in [-0.15, -0.1) is 0 Å². The Balaban J connectivity index is 1.69. The lowest BCUT2D eigenvalue weighted by Gasteiger charge is -2.26. The van der Waals surface area contributed by atoms with Crippen LogP contribution in [0.5, 0.6) is 0 Å². The van der Waals surface area contributed by atoms with Gasteiger partial charge in [-0.25, -0.2) is 4.98 Å². The van der Waals surface area contributed by atoms with Crippen LogP contribution in [0.15, 0.2) is 28.9 Å². The molecule has 0 unspecified atom stereocenters. The van der Waals surface area contributed by atoms with Crippen LogP contribution in [-0.4, -0.2) is 39.8 Å². The lowest BCUT2D eigenvalue weighted by Crippen LogP contribution is -2.35. The van der Waals surface area contributed by atoms with Crippen molar-refractivity contribution in [3.8, 4) is 0 Å². The van der Waals surface area contributed by atoms with Gasteiger partial charge in [-0.3, -0.25) is 9.69 Å². The maximum Gasteiger partial charge on any atom is 0.275 e. The predicted octanol–water partition coefficient (Wildman–Crippen LogP) is 4.33. The summed E-state index contributed by atoms with van der Waals surface area (Å²) >= 11 is 0. The topological polar surface area (TPSA) is 49.6 Å². The number of aromatic nitrogens is 1. The van der Waals surface area contributed by atoms with Crippen LogP contribution in [0.25, 0.3) is 0 Å². The third-order valence-corrected chi connectivity index (χ3v) is 5.36. The fraction of sp³-hybridized carbons (Fsp3) is 0.545. The van der Waals surface area contributed by atoms with Gasteiger partial charge in [0, 0.05) is 25.7 Å². The molecule has 0 aliphatic carbocycles. The van der Waals surface area contributed by atoms with Crippen molar-refractivity contribution >= 4 is 5.91 Å². The lowest BCUT2D eigenvalue weighted by molar-refractivity contribution is 0.0718. The molecule has 1 amide bonds. The summed E-state index contributed by atoms with van der Waals surface area (Å²) < 4.78 is 5.65. The summed E-state index contributed by atoms with van der Waals surface area (Å²) in [6.45, 7) is 11.7. The van der Waals surface area contributed by atoms with Crippen LogP contribution in [0.2, 0.25) is 0 Å². The maximum absolute atomic E-state index is 12.6. The summed E-state index contributed by atoms with van der Waals surface area (Å²) in [4.78, 5) is 21.3. The molecule has 2 heterocycles. The minimum atomic E-state index is -0.00433. The zero-order chi connectivity index (χ0) is 19.4. The van der Waals surface area contributed by atoms with Gasteiger partial charge >= 0.3 is 0 Å². The number of rotatable bonds is 6. The van der Waals surface area contributed by atoms with Gasteiger partial charge in [-0.05, 0) is 58.1 Å². The molecule has 0 saturated carbocycles. The van der Waals surface area contributed by atoms with Crippen LogP contribution in [0, 0.1) is 13.8 Å². The average molecular weight is 370 g/mol. The zero-order valence-electron chi connectivity index (χ0n) is 17.0. The van der Waals surface area contributed by atoms with Gasteiger partial charge in [0.15, 0.2) is 5.69 Å². The summed E-state index contributed by atoms with van der Waals surface area (Å²) in [6, 6.07) is 6.90. The van der Waals surface area contributed by atoms with Gasteiger partial charge in [-0.1, -0.05) is 23.8 Å². The zero-order valence-corrected chi connectivity index (χ0v) is 17.0. The van der Waals surface area contributed by atoms with Crippen LogP contribution in [0.4, 0.5) is 0 Å². The molecule has 0 bridgehead atoms. The summed E-state index contributed by atoms with van der Waals surface area (Å²) in [5, 5.41) is 0. The predicted molar refractivity (Wildman–Crippen MR) is 107 cm³/mol. The van der Waals surface area contributed by atoms with E-state index in [9.17, 15) is 4.79 Å². The Morgan fingerprint density at radius 2 is 1.93 bits per heavy atom. The number of hydrogen-bond donors (Lipinski definition) is 0. The number of hydrogen-bond acceptors (Lipinski definition) is 4. The van der Waals surface area contributed by atoms with E-state index < -0.39 is 0 Å². The number of amides is 1. The SMILES string of the molecule is Cc1ccc(C)c(CN(Cc2nc(C(=O)N3CCCCC3)co2)C(C)C)c1. The van der Waals surface area contributed by atoms with Crippen molar-refractivity contribution < 1.29 is 9.21 Å². The maximum atomic E-state index is 12.6. The van der Waals surface area contributed by atoms with E-state index in [1.54, 1.807) is 0 Å². The van der Waals surface area contributed by atoms with E-state index in [0.29, 0.717) is 24.2 Å². The normalized spacial score (nSPS) is 15.0. The van der Waals surface area contributed by atoms with Crippen molar-refractivity contribution in [2.24, 2.45) is 0 Å². The van der Waals surface area contributed by atoms with E-state index in [-0.39, 0.29) is 5.91 Å². The Morgan fingerprint density at radius 1 is 1.19 bits per heavy atom. The molecule has 1 aromatic carbocycles. The Hall–Kier alpha value is -2.14. The quantitative estimate of drug-likeness (QED) is 0.760. The molecule has 0 radical (unpaired) electrons. The Labute approximate surface area is 162 Å². The molecule has 1 aromatic heterocycles. The van der Waals surface area contributed by atoms with E-state index in [2.05, 4.69) is 55.8 Å². The summed E-state index contributed by atoms with van der Waals surface area (Å²) in [6.07, 6.45) is 4.87.